The topological polar surface area (TPSA) is 159 Å². The number of aromatic carboxylic acids is 1. The average molecular weight is 556 g/mol. The van der Waals surface area contributed by atoms with Gasteiger partial charge in [-0.2, -0.15) is 0 Å². The molecule has 1 heterocycles. The van der Waals surface area contributed by atoms with E-state index in [1.54, 1.807) is 19.1 Å². The number of rotatable bonds is 4. The van der Waals surface area contributed by atoms with Gasteiger partial charge in [-0.1, -0.05) is 17.7 Å². The van der Waals surface area contributed by atoms with Crippen molar-refractivity contribution in [2.75, 3.05) is 12.0 Å². The number of benzene rings is 2. The third-order valence-electron chi connectivity index (χ3n) is 8.57. The lowest BCUT2D eigenvalue weighted by atomic mass is 9.59. The molecule has 1 fully saturated rings. The summed E-state index contributed by atoms with van der Waals surface area (Å²) in [5.41, 5.74) is 1.84. The molecule has 10 heteroatoms. The first-order valence-corrected chi connectivity index (χ1v) is 13.0. The minimum absolute atomic E-state index is 0.0493. The number of methoxy groups -OCH3 is 1. The van der Waals surface area contributed by atoms with Crippen LogP contribution in [0.25, 0.3) is 0 Å². The molecule has 208 valence electrons. The number of anilines is 1. The Balaban J connectivity index is 1.46. The molecule has 3 N–H and O–H groups in total. The zero-order chi connectivity index (χ0) is 29.3. The second-order valence-corrected chi connectivity index (χ2v) is 10.7. The maximum atomic E-state index is 13.9. The lowest BCUT2D eigenvalue weighted by Crippen LogP contribution is -2.39. The van der Waals surface area contributed by atoms with Gasteiger partial charge in [0.15, 0.2) is 23.1 Å². The van der Waals surface area contributed by atoms with Crippen molar-refractivity contribution in [1.82, 2.24) is 0 Å². The number of carboxylic acids is 1. The average Bonchev–Trinajstić information content (AvgIpc) is 3.19. The molecule has 1 aliphatic heterocycles. The second-order valence-electron chi connectivity index (χ2n) is 10.7. The number of phenols is 2. The largest absolute Gasteiger partial charge is 0.507 e. The molecular weight excluding hydrogens is 530 g/mol. The highest BCUT2D eigenvalue weighted by Gasteiger charge is 2.56. The molecule has 0 spiro atoms. The molecule has 0 radical (unpaired) electrons. The number of carbonyl (C=O) groups excluding carboxylic acids is 4. The summed E-state index contributed by atoms with van der Waals surface area (Å²) in [4.78, 5) is 66.5. The summed E-state index contributed by atoms with van der Waals surface area (Å²) >= 11 is 0. The van der Waals surface area contributed by atoms with Crippen LogP contribution in [-0.4, -0.2) is 51.8 Å². The Morgan fingerprint density at radius 1 is 0.976 bits per heavy atom. The molecule has 4 atom stereocenters. The van der Waals surface area contributed by atoms with Gasteiger partial charge < -0.3 is 20.1 Å². The van der Waals surface area contributed by atoms with Gasteiger partial charge in [0.1, 0.15) is 11.3 Å². The summed E-state index contributed by atoms with van der Waals surface area (Å²) in [6.45, 7) is 1.58. The molecule has 10 nitrogen and oxygen atoms in total. The Morgan fingerprint density at radius 3 is 2.39 bits per heavy atom. The van der Waals surface area contributed by atoms with Crippen molar-refractivity contribution in [3.05, 3.63) is 82.0 Å². The number of carbonyl (C=O) groups is 5. The van der Waals surface area contributed by atoms with Crippen molar-refractivity contribution in [2.45, 2.75) is 25.7 Å². The van der Waals surface area contributed by atoms with Gasteiger partial charge in [0.05, 0.1) is 24.6 Å². The monoisotopic (exact) mass is 555 g/mol. The first kappa shape index (κ1) is 26.2. The molecule has 0 bridgehead atoms. The summed E-state index contributed by atoms with van der Waals surface area (Å²) < 4.78 is 5.18. The fourth-order valence-electron chi connectivity index (χ4n) is 6.72. The van der Waals surface area contributed by atoms with E-state index in [1.165, 1.54) is 25.3 Å². The van der Waals surface area contributed by atoms with Crippen LogP contribution in [-0.2, 0) is 19.2 Å². The minimum Gasteiger partial charge on any atom is -0.507 e. The van der Waals surface area contributed by atoms with Crippen LogP contribution in [0, 0.1) is 17.8 Å². The fourth-order valence-corrected chi connectivity index (χ4v) is 6.72. The van der Waals surface area contributed by atoms with Crippen molar-refractivity contribution in [2.24, 2.45) is 17.8 Å². The van der Waals surface area contributed by atoms with E-state index in [0.29, 0.717) is 16.7 Å². The zero-order valence-electron chi connectivity index (χ0n) is 22.1. The van der Waals surface area contributed by atoms with Crippen molar-refractivity contribution in [3.8, 4) is 17.2 Å². The molecule has 2 aromatic carbocycles. The number of hydrogen-bond acceptors (Lipinski definition) is 8. The molecule has 2 amide bonds. The Hall–Kier alpha value is -4.99. The van der Waals surface area contributed by atoms with Gasteiger partial charge in [-0.15, -0.1) is 0 Å². The first-order valence-electron chi connectivity index (χ1n) is 13.0. The van der Waals surface area contributed by atoms with Gasteiger partial charge >= 0.3 is 5.97 Å². The van der Waals surface area contributed by atoms with Crippen LogP contribution >= 0.6 is 0 Å². The Kier molecular flexibility index (Phi) is 5.95. The Bertz CT molecular complexity index is 1690. The van der Waals surface area contributed by atoms with E-state index in [0.717, 1.165) is 22.6 Å². The number of ether oxygens (including phenoxy) is 1. The second kappa shape index (κ2) is 9.29. The van der Waals surface area contributed by atoms with Crippen molar-refractivity contribution >= 4 is 35.0 Å². The molecule has 3 aliphatic carbocycles. The molecular formula is C31H25NO9. The third kappa shape index (κ3) is 3.81. The number of imide groups is 1. The number of allylic oxidation sites excluding steroid dienone is 6. The lowest BCUT2D eigenvalue weighted by Gasteiger charge is -2.42. The van der Waals surface area contributed by atoms with E-state index < -0.39 is 47.2 Å². The van der Waals surface area contributed by atoms with Crippen molar-refractivity contribution in [1.29, 1.82) is 0 Å². The number of hydrogen-bond donors (Lipinski definition) is 3. The summed E-state index contributed by atoms with van der Waals surface area (Å²) in [6, 6.07) is 8.25. The summed E-state index contributed by atoms with van der Waals surface area (Å²) in [5.74, 6) is -6.37. The molecule has 1 saturated heterocycles. The van der Waals surface area contributed by atoms with Crippen LogP contribution in [0.4, 0.5) is 5.69 Å². The van der Waals surface area contributed by atoms with Gasteiger partial charge in [0.25, 0.3) is 0 Å². The van der Waals surface area contributed by atoms with Gasteiger partial charge in [-0.05, 0) is 61.6 Å². The van der Waals surface area contributed by atoms with Crippen LogP contribution in [0.1, 0.15) is 41.6 Å². The highest BCUT2D eigenvalue weighted by Crippen LogP contribution is 2.56. The number of carboxylic acid groups (broad SMARTS) is 1. The fraction of sp³-hybridized carbons (Fsp3) is 0.258. The number of ketones is 2. The Labute approximate surface area is 233 Å². The smallest absolute Gasteiger partial charge is 0.339 e. The quantitative estimate of drug-likeness (QED) is 0.292. The Morgan fingerprint density at radius 2 is 1.73 bits per heavy atom. The van der Waals surface area contributed by atoms with Crippen LogP contribution in [0.2, 0.25) is 0 Å². The summed E-state index contributed by atoms with van der Waals surface area (Å²) in [7, 11) is 1.41. The van der Waals surface area contributed by atoms with E-state index in [-0.39, 0.29) is 52.7 Å². The van der Waals surface area contributed by atoms with Gasteiger partial charge in [0, 0.05) is 28.7 Å². The SMILES string of the molecule is COc1ccc(C2C3=CCC4C(=O)N(c5ccc(C(=O)O)c(O)c5)C(=O)C4C3CC3=C2C(=O)C(C)=CC3=O)cc1O. The number of nitrogens with zero attached hydrogens (tertiary/aromatic N) is 1. The number of phenolic OH excluding ortho intramolecular Hbond substituents is 1. The van der Waals surface area contributed by atoms with Crippen LogP contribution in [0.3, 0.4) is 0 Å². The number of amides is 2. The molecule has 41 heavy (non-hydrogen) atoms. The highest BCUT2D eigenvalue weighted by molar-refractivity contribution is 6.25. The van der Waals surface area contributed by atoms with E-state index in [4.69, 9.17) is 4.74 Å². The standard InChI is InChI=1S/C31H25NO9/c1-13-9-21(33)20-12-19-16(25(27(20)28(13)36)14-3-8-24(41-2)23(35)10-14)6-7-18-26(19)30(38)32(29(18)37)15-4-5-17(31(39)40)22(34)11-15/h3-6,8-11,18-19,25-26,34-35H,7,12H2,1-2H3,(H,39,40). The van der Waals surface area contributed by atoms with E-state index in [9.17, 15) is 39.3 Å². The predicted molar refractivity (Wildman–Crippen MR) is 144 cm³/mol. The molecule has 4 unspecified atom stereocenters. The third-order valence-corrected chi connectivity index (χ3v) is 8.57. The molecule has 2 aromatic rings. The minimum atomic E-state index is -1.35. The summed E-state index contributed by atoms with van der Waals surface area (Å²) in [5, 5.41) is 30.0. The summed E-state index contributed by atoms with van der Waals surface area (Å²) in [6.07, 6.45) is 3.44. The molecule has 6 rings (SSSR count). The van der Waals surface area contributed by atoms with Crippen molar-refractivity contribution in [3.63, 3.8) is 0 Å². The lowest BCUT2D eigenvalue weighted by molar-refractivity contribution is -0.123. The number of fused-ring (bicyclic) bond motifs is 3. The van der Waals surface area contributed by atoms with Crippen LogP contribution < -0.4 is 9.64 Å². The van der Waals surface area contributed by atoms with Crippen LogP contribution in [0.15, 0.2) is 70.8 Å². The van der Waals surface area contributed by atoms with Crippen molar-refractivity contribution < 1.29 is 44.0 Å². The first-order chi connectivity index (χ1) is 19.5. The van der Waals surface area contributed by atoms with E-state index in [1.807, 2.05) is 6.08 Å². The van der Waals surface area contributed by atoms with E-state index in [2.05, 4.69) is 0 Å². The number of aromatic hydroxyl groups is 2. The molecule has 0 aromatic heterocycles. The maximum Gasteiger partial charge on any atom is 0.339 e. The number of Topliss-reactive ketones (excluding diaryl/α,β-unsaturated/α-hetero) is 1. The van der Waals surface area contributed by atoms with Gasteiger partial charge in [-0.25, -0.2) is 9.69 Å². The molecule has 4 aliphatic rings. The normalized spacial score (nSPS) is 25.4. The molecule has 0 saturated carbocycles. The zero-order valence-corrected chi connectivity index (χ0v) is 22.1. The highest BCUT2D eigenvalue weighted by atomic mass is 16.5. The maximum absolute atomic E-state index is 13.9. The van der Waals surface area contributed by atoms with E-state index >= 15 is 0 Å². The predicted octanol–water partition coefficient (Wildman–Crippen LogP) is 3.44. The van der Waals surface area contributed by atoms with Crippen LogP contribution in [0.5, 0.6) is 17.2 Å². The van der Waals surface area contributed by atoms with Gasteiger partial charge in [0.2, 0.25) is 11.8 Å². The van der Waals surface area contributed by atoms with Gasteiger partial charge in [-0.3, -0.25) is 19.2 Å².